The summed E-state index contributed by atoms with van der Waals surface area (Å²) in [6, 6.07) is 2.14. The fourth-order valence-corrected chi connectivity index (χ4v) is 7.04. The van der Waals surface area contributed by atoms with E-state index in [-0.39, 0.29) is 23.7 Å². The maximum absolute atomic E-state index is 11.2. The molecule has 2 saturated heterocycles. The summed E-state index contributed by atoms with van der Waals surface area (Å²) >= 11 is 6.33. The fraction of sp³-hybridized carbons (Fsp3) is 0.640. The van der Waals surface area contributed by atoms with Gasteiger partial charge in [-0.3, -0.25) is 4.79 Å². The number of hydrogen-bond donors (Lipinski definition) is 0. The number of carbonyl (C=O) groups excluding carboxylic acids is 1. The molecule has 6 rings (SSSR count). The summed E-state index contributed by atoms with van der Waals surface area (Å²) in [6.45, 7) is 5.75. The largest absolute Gasteiger partial charge is 0.345 e. The molecule has 1 saturated carbocycles. The molecule has 2 aromatic heterocycles. The summed E-state index contributed by atoms with van der Waals surface area (Å²) in [7, 11) is 0. The van der Waals surface area contributed by atoms with E-state index < -0.39 is 5.79 Å². The van der Waals surface area contributed by atoms with Crippen molar-refractivity contribution in [3.63, 3.8) is 0 Å². The molecule has 0 bridgehead atoms. The molecular weight excluding hydrogens is 440 g/mol. The highest BCUT2D eigenvalue weighted by Gasteiger charge is 2.55. The third-order valence-corrected chi connectivity index (χ3v) is 8.75. The topological polar surface area (TPSA) is 69.5 Å². The molecule has 2 aliphatic carbocycles. The van der Waals surface area contributed by atoms with Crippen LogP contribution in [0, 0.1) is 11.3 Å². The standard InChI is InChI=1S/C25H31ClN4O3/c1-24(2)32-20-16(12-17-4-3-6-25(17)7-10-29(15-31)11-8-25)13-19(21(20)33-24)30-9-5-18-22(26)27-14-28-23(18)30/h4-5,9,14-16,19-21H,3,6-8,10-13H2,1-2H3/t16-,19+,20+,21-/m0/s1. The van der Waals surface area contributed by atoms with Gasteiger partial charge in [0, 0.05) is 19.3 Å². The van der Waals surface area contributed by atoms with Crippen LogP contribution in [-0.4, -0.2) is 56.9 Å². The lowest BCUT2D eigenvalue weighted by Gasteiger charge is -2.41. The quantitative estimate of drug-likeness (QED) is 0.373. The van der Waals surface area contributed by atoms with Crippen molar-refractivity contribution in [2.24, 2.45) is 11.3 Å². The molecule has 2 aromatic rings. The molecule has 0 aromatic carbocycles. The molecular formula is C25H31ClN4O3. The Balaban J connectivity index is 1.28. The van der Waals surface area contributed by atoms with E-state index in [1.54, 1.807) is 5.57 Å². The number of aromatic nitrogens is 3. The Morgan fingerprint density at radius 3 is 2.76 bits per heavy atom. The van der Waals surface area contributed by atoms with Gasteiger partial charge in [-0.05, 0) is 69.8 Å². The number of allylic oxidation sites excluding steroid dienone is 2. The lowest BCUT2D eigenvalue weighted by Crippen LogP contribution is -2.39. The Bertz CT molecular complexity index is 1100. The van der Waals surface area contributed by atoms with Gasteiger partial charge in [-0.15, -0.1) is 0 Å². The Hall–Kier alpha value is -1.96. The number of rotatable bonds is 4. The summed E-state index contributed by atoms with van der Waals surface area (Å²) in [4.78, 5) is 21.8. The molecule has 8 heteroatoms. The van der Waals surface area contributed by atoms with Gasteiger partial charge in [-0.25, -0.2) is 9.97 Å². The predicted octanol–water partition coefficient (Wildman–Crippen LogP) is 4.51. The Kier molecular flexibility index (Phi) is 5.09. The predicted molar refractivity (Wildman–Crippen MR) is 125 cm³/mol. The van der Waals surface area contributed by atoms with E-state index in [1.807, 2.05) is 24.8 Å². The number of halogens is 1. The van der Waals surface area contributed by atoms with E-state index in [2.05, 4.69) is 26.8 Å². The monoisotopic (exact) mass is 470 g/mol. The Morgan fingerprint density at radius 1 is 1.18 bits per heavy atom. The minimum atomic E-state index is -0.598. The average molecular weight is 471 g/mol. The maximum atomic E-state index is 11.2. The van der Waals surface area contributed by atoms with Crippen LogP contribution in [0.3, 0.4) is 0 Å². The third-order valence-electron chi connectivity index (χ3n) is 8.45. The smallest absolute Gasteiger partial charge is 0.209 e. The lowest BCUT2D eigenvalue weighted by molar-refractivity contribution is -0.160. The molecule has 4 heterocycles. The molecule has 1 amide bonds. The van der Waals surface area contributed by atoms with E-state index >= 15 is 0 Å². The summed E-state index contributed by atoms with van der Waals surface area (Å²) in [5.74, 6) is -0.222. The number of likely N-dealkylation sites (tertiary alicyclic amines) is 1. The molecule has 33 heavy (non-hydrogen) atoms. The van der Waals surface area contributed by atoms with Gasteiger partial charge in [0.2, 0.25) is 6.41 Å². The zero-order valence-corrected chi connectivity index (χ0v) is 20.0. The van der Waals surface area contributed by atoms with Gasteiger partial charge < -0.3 is 18.9 Å². The first kappa shape index (κ1) is 21.6. The minimum absolute atomic E-state index is 0.0239. The van der Waals surface area contributed by atoms with Crippen LogP contribution in [0.5, 0.6) is 0 Å². The molecule has 4 atom stereocenters. The second-order valence-electron chi connectivity index (χ2n) is 10.6. The van der Waals surface area contributed by atoms with E-state index in [4.69, 9.17) is 21.1 Å². The van der Waals surface area contributed by atoms with Crippen LogP contribution in [0.2, 0.25) is 5.15 Å². The molecule has 0 N–H and O–H groups in total. The first-order chi connectivity index (χ1) is 15.9. The number of carbonyl (C=O) groups is 1. The van der Waals surface area contributed by atoms with Gasteiger partial charge in [0.05, 0.1) is 17.5 Å². The number of hydrogen-bond acceptors (Lipinski definition) is 5. The highest BCUT2D eigenvalue weighted by atomic mass is 35.5. The normalized spacial score (nSPS) is 32.5. The Morgan fingerprint density at radius 2 is 1.97 bits per heavy atom. The van der Waals surface area contributed by atoms with Gasteiger partial charge >= 0.3 is 0 Å². The van der Waals surface area contributed by atoms with Crippen LogP contribution in [0.15, 0.2) is 30.2 Å². The number of piperidine rings is 1. The molecule has 176 valence electrons. The number of nitrogens with zero attached hydrogens (tertiary/aromatic N) is 4. The van der Waals surface area contributed by atoms with Crippen molar-refractivity contribution < 1.29 is 14.3 Å². The van der Waals surface area contributed by atoms with Crippen molar-refractivity contribution in [1.82, 2.24) is 19.4 Å². The van der Waals surface area contributed by atoms with Crippen LogP contribution in [0.1, 0.15) is 58.4 Å². The van der Waals surface area contributed by atoms with Crippen LogP contribution in [-0.2, 0) is 14.3 Å². The highest BCUT2D eigenvalue weighted by molar-refractivity contribution is 6.33. The molecule has 1 spiro atoms. The number of ether oxygens (including phenoxy) is 2. The van der Waals surface area contributed by atoms with E-state index in [0.717, 1.165) is 62.6 Å². The first-order valence-electron chi connectivity index (χ1n) is 12.1. The van der Waals surface area contributed by atoms with E-state index in [1.165, 1.54) is 12.7 Å². The summed E-state index contributed by atoms with van der Waals surface area (Å²) in [6.07, 6.45) is 13.6. The molecule has 4 aliphatic rings. The Labute approximate surface area is 199 Å². The van der Waals surface area contributed by atoms with Gasteiger partial charge in [-0.2, -0.15) is 0 Å². The van der Waals surface area contributed by atoms with Crippen molar-refractivity contribution in [1.29, 1.82) is 0 Å². The zero-order valence-electron chi connectivity index (χ0n) is 19.2. The summed E-state index contributed by atoms with van der Waals surface area (Å²) in [5.41, 5.74) is 2.68. The second kappa shape index (κ2) is 7.79. The van der Waals surface area contributed by atoms with Gasteiger partial charge in [0.15, 0.2) is 5.79 Å². The lowest BCUT2D eigenvalue weighted by atomic mass is 9.70. The fourth-order valence-electron chi connectivity index (χ4n) is 6.85. The van der Waals surface area contributed by atoms with Crippen molar-refractivity contribution in [3.05, 3.63) is 35.4 Å². The SMILES string of the molecule is CC1(C)O[C@@H]2[C@@H](CC3=CCCC34CCN(C=O)CC4)C[C@@H](n3ccc4c(Cl)ncnc43)[C@@H]2O1. The van der Waals surface area contributed by atoms with E-state index in [0.29, 0.717) is 11.1 Å². The van der Waals surface area contributed by atoms with Gasteiger partial charge in [-0.1, -0.05) is 23.3 Å². The van der Waals surface area contributed by atoms with Crippen molar-refractivity contribution in [2.45, 2.75) is 76.4 Å². The summed E-state index contributed by atoms with van der Waals surface area (Å²) in [5, 5.41) is 1.35. The number of amides is 1. The van der Waals surface area contributed by atoms with Crippen LogP contribution in [0.4, 0.5) is 0 Å². The van der Waals surface area contributed by atoms with Crippen molar-refractivity contribution >= 4 is 29.0 Å². The highest BCUT2D eigenvalue weighted by Crippen LogP contribution is 2.54. The van der Waals surface area contributed by atoms with E-state index in [9.17, 15) is 4.79 Å². The molecule has 3 fully saturated rings. The molecule has 7 nitrogen and oxygen atoms in total. The number of fused-ring (bicyclic) bond motifs is 2. The van der Waals surface area contributed by atoms with Crippen molar-refractivity contribution in [2.75, 3.05) is 13.1 Å². The second-order valence-corrected chi connectivity index (χ2v) is 11.0. The average Bonchev–Trinajstić information content (AvgIpc) is 3.53. The first-order valence-corrected chi connectivity index (χ1v) is 12.5. The zero-order chi connectivity index (χ0) is 22.8. The van der Waals surface area contributed by atoms with Crippen LogP contribution in [0.25, 0.3) is 11.0 Å². The molecule has 0 unspecified atom stereocenters. The molecule has 2 aliphatic heterocycles. The van der Waals surface area contributed by atoms with Gasteiger partial charge in [0.1, 0.15) is 23.2 Å². The van der Waals surface area contributed by atoms with Crippen molar-refractivity contribution in [3.8, 4) is 0 Å². The van der Waals surface area contributed by atoms with Crippen LogP contribution < -0.4 is 0 Å². The minimum Gasteiger partial charge on any atom is -0.345 e. The summed E-state index contributed by atoms with van der Waals surface area (Å²) < 4.78 is 15.2. The maximum Gasteiger partial charge on any atom is 0.209 e. The molecule has 0 radical (unpaired) electrons. The van der Waals surface area contributed by atoms with Crippen LogP contribution >= 0.6 is 11.6 Å². The third kappa shape index (κ3) is 3.51. The van der Waals surface area contributed by atoms with Gasteiger partial charge in [0.25, 0.3) is 0 Å².